The molecule has 2 aromatic heterocycles. The molecule has 0 atom stereocenters. The number of carbonyl (C=O) groups is 2. The first-order chi connectivity index (χ1) is 17.4. The van der Waals surface area contributed by atoms with Crippen molar-refractivity contribution in [3.63, 3.8) is 0 Å². The molecule has 36 heavy (non-hydrogen) atoms. The maximum absolute atomic E-state index is 13.1. The van der Waals surface area contributed by atoms with Crippen molar-refractivity contribution in [1.29, 1.82) is 0 Å². The lowest BCUT2D eigenvalue weighted by Crippen LogP contribution is -2.44. The Hall–Kier alpha value is -3.78. The second-order valence-electron chi connectivity index (χ2n) is 10.1. The molecule has 1 aliphatic heterocycles. The van der Waals surface area contributed by atoms with Gasteiger partial charge in [0, 0.05) is 53.7 Å². The minimum Gasteiger partial charge on any atom is -0.369 e. The predicted molar refractivity (Wildman–Crippen MR) is 136 cm³/mol. The van der Waals surface area contributed by atoms with Gasteiger partial charge in [0.05, 0.1) is 16.6 Å². The van der Waals surface area contributed by atoms with Crippen LogP contribution >= 0.6 is 0 Å². The summed E-state index contributed by atoms with van der Waals surface area (Å²) in [5.74, 6) is -0.660. The molecule has 184 valence electrons. The molecular formula is C28H28FN5O2. The Morgan fingerprint density at radius 2 is 1.83 bits per heavy atom. The minimum absolute atomic E-state index is 0.0957. The SMILES string of the molecule is NC(=O)C1(c2nccc3c2[nH]c2cc(C(=O)NC4CCN(Cc5ccc(F)cc5)CC4)ccc23)CC1. The van der Waals surface area contributed by atoms with E-state index in [9.17, 15) is 14.0 Å². The number of hydrogen-bond acceptors (Lipinski definition) is 4. The van der Waals surface area contributed by atoms with Gasteiger partial charge in [0.15, 0.2) is 0 Å². The fourth-order valence-corrected chi connectivity index (χ4v) is 5.41. The number of piperidine rings is 1. The van der Waals surface area contributed by atoms with Gasteiger partial charge in [-0.1, -0.05) is 18.2 Å². The molecule has 4 aromatic rings. The van der Waals surface area contributed by atoms with Gasteiger partial charge in [0.1, 0.15) is 5.82 Å². The number of pyridine rings is 1. The van der Waals surface area contributed by atoms with E-state index in [2.05, 4.69) is 20.2 Å². The van der Waals surface area contributed by atoms with Crippen LogP contribution in [0.15, 0.2) is 54.7 Å². The highest BCUT2D eigenvalue weighted by Crippen LogP contribution is 2.49. The van der Waals surface area contributed by atoms with Crippen LogP contribution in [-0.4, -0.2) is 45.8 Å². The monoisotopic (exact) mass is 485 g/mol. The van der Waals surface area contributed by atoms with Crippen LogP contribution in [0.3, 0.4) is 0 Å². The van der Waals surface area contributed by atoms with Crippen LogP contribution in [0.4, 0.5) is 4.39 Å². The van der Waals surface area contributed by atoms with E-state index in [0.29, 0.717) is 24.1 Å². The normalized spacial score (nSPS) is 17.9. The molecule has 8 heteroatoms. The minimum atomic E-state index is -0.688. The van der Waals surface area contributed by atoms with E-state index in [4.69, 9.17) is 5.73 Å². The number of hydrogen-bond donors (Lipinski definition) is 3. The van der Waals surface area contributed by atoms with Gasteiger partial charge in [-0.2, -0.15) is 0 Å². The highest BCUT2D eigenvalue weighted by atomic mass is 19.1. The third-order valence-corrected chi connectivity index (χ3v) is 7.70. The van der Waals surface area contributed by atoms with Gasteiger partial charge in [0.25, 0.3) is 5.91 Å². The van der Waals surface area contributed by atoms with Crippen LogP contribution in [-0.2, 0) is 16.8 Å². The summed E-state index contributed by atoms with van der Waals surface area (Å²) in [6.45, 7) is 2.54. The molecule has 4 N–H and O–H groups in total. The van der Waals surface area contributed by atoms with Crippen LogP contribution in [0.2, 0.25) is 0 Å². The number of H-pyrrole nitrogens is 1. The van der Waals surface area contributed by atoms with E-state index < -0.39 is 5.41 Å². The average Bonchev–Trinajstić information content (AvgIpc) is 3.61. The van der Waals surface area contributed by atoms with Crippen molar-refractivity contribution in [2.24, 2.45) is 5.73 Å². The summed E-state index contributed by atoms with van der Waals surface area (Å²) < 4.78 is 13.1. The summed E-state index contributed by atoms with van der Waals surface area (Å²) in [5, 5.41) is 5.14. The molecule has 7 nitrogen and oxygen atoms in total. The number of fused-ring (bicyclic) bond motifs is 3. The lowest BCUT2D eigenvalue weighted by atomic mass is 9.98. The molecule has 2 aromatic carbocycles. The molecule has 3 heterocycles. The average molecular weight is 486 g/mol. The van der Waals surface area contributed by atoms with E-state index in [0.717, 1.165) is 59.8 Å². The molecular weight excluding hydrogens is 457 g/mol. The standard InChI is InChI=1S/C28H28FN5O2/c29-19-4-1-17(2-5-19)16-34-13-8-20(9-14-34)32-26(35)18-3-6-21-22-7-12-31-25(24(22)33-23(21)15-18)28(10-11-28)27(30)36/h1-7,12,15,20,33H,8-11,13-14,16H2,(H2,30,36)(H,32,35). The highest BCUT2D eigenvalue weighted by molar-refractivity contribution is 6.11. The molecule has 2 aliphatic rings. The van der Waals surface area contributed by atoms with Crippen molar-refractivity contribution in [3.05, 3.63) is 77.4 Å². The predicted octanol–water partition coefficient (Wildman–Crippen LogP) is 3.77. The van der Waals surface area contributed by atoms with Crippen LogP contribution in [0.1, 0.15) is 47.3 Å². The second kappa shape index (κ2) is 8.71. The Balaban J connectivity index is 1.15. The number of carbonyl (C=O) groups excluding carboxylic acids is 2. The Labute approximate surface area is 207 Å². The first kappa shape index (κ1) is 22.7. The van der Waals surface area contributed by atoms with Crippen molar-refractivity contribution < 1.29 is 14.0 Å². The number of aromatic nitrogens is 2. The molecule has 1 saturated carbocycles. The number of nitrogens with two attached hydrogens (primary N) is 1. The fraction of sp³-hybridized carbons (Fsp3) is 0.321. The zero-order chi connectivity index (χ0) is 24.9. The molecule has 0 bridgehead atoms. The summed E-state index contributed by atoms with van der Waals surface area (Å²) in [6.07, 6.45) is 4.87. The maximum Gasteiger partial charge on any atom is 0.251 e. The molecule has 0 radical (unpaired) electrons. The summed E-state index contributed by atoms with van der Waals surface area (Å²) in [4.78, 5) is 35.4. The molecule has 1 saturated heterocycles. The molecule has 1 aliphatic carbocycles. The van der Waals surface area contributed by atoms with Gasteiger partial charge in [-0.3, -0.25) is 19.5 Å². The zero-order valence-electron chi connectivity index (χ0n) is 19.9. The first-order valence-corrected chi connectivity index (χ1v) is 12.4. The van der Waals surface area contributed by atoms with E-state index in [1.54, 1.807) is 6.20 Å². The molecule has 0 unspecified atom stereocenters. The van der Waals surface area contributed by atoms with E-state index in [1.807, 2.05) is 36.4 Å². The van der Waals surface area contributed by atoms with E-state index in [-0.39, 0.29) is 23.7 Å². The van der Waals surface area contributed by atoms with E-state index >= 15 is 0 Å². The van der Waals surface area contributed by atoms with Crippen LogP contribution in [0.25, 0.3) is 21.8 Å². The summed E-state index contributed by atoms with van der Waals surface area (Å²) in [5.41, 5.74) is 9.03. The van der Waals surface area contributed by atoms with Gasteiger partial charge in [-0.25, -0.2) is 4.39 Å². The summed E-state index contributed by atoms with van der Waals surface area (Å²) >= 11 is 0. The Bertz CT molecular complexity index is 1470. The van der Waals surface area contributed by atoms with E-state index in [1.165, 1.54) is 12.1 Å². The van der Waals surface area contributed by atoms with Crippen LogP contribution in [0.5, 0.6) is 0 Å². The molecule has 2 fully saturated rings. The van der Waals surface area contributed by atoms with Gasteiger partial charge < -0.3 is 16.0 Å². The Morgan fingerprint density at radius 1 is 1.08 bits per heavy atom. The van der Waals surface area contributed by atoms with Crippen LogP contribution < -0.4 is 11.1 Å². The lowest BCUT2D eigenvalue weighted by molar-refractivity contribution is -0.120. The third kappa shape index (κ3) is 4.01. The number of amides is 2. The second-order valence-corrected chi connectivity index (χ2v) is 10.1. The topological polar surface area (TPSA) is 104 Å². The maximum atomic E-state index is 13.1. The Kier molecular flexibility index (Phi) is 5.48. The van der Waals surface area contributed by atoms with Crippen molar-refractivity contribution in [1.82, 2.24) is 20.2 Å². The Morgan fingerprint density at radius 3 is 2.53 bits per heavy atom. The lowest BCUT2D eigenvalue weighted by Gasteiger charge is -2.32. The van der Waals surface area contributed by atoms with Crippen molar-refractivity contribution in [3.8, 4) is 0 Å². The van der Waals surface area contributed by atoms with Crippen LogP contribution in [0, 0.1) is 5.82 Å². The van der Waals surface area contributed by atoms with Crippen molar-refractivity contribution >= 4 is 33.6 Å². The molecule has 2 amide bonds. The number of rotatable bonds is 6. The largest absolute Gasteiger partial charge is 0.369 e. The number of likely N-dealkylation sites (tertiary alicyclic amines) is 1. The zero-order valence-corrected chi connectivity index (χ0v) is 19.9. The quantitative estimate of drug-likeness (QED) is 0.387. The van der Waals surface area contributed by atoms with Gasteiger partial charge >= 0.3 is 0 Å². The van der Waals surface area contributed by atoms with Gasteiger partial charge in [-0.15, -0.1) is 0 Å². The van der Waals surface area contributed by atoms with Crippen molar-refractivity contribution in [2.45, 2.75) is 43.7 Å². The summed E-state index contributed by atoms with van der Waals surface area (Å²) in [6, 6.07) is 14.3. The third-order valence-electron chi connectivity index (χ3n) is 7.70. The molecule has 6 rings (SSSR count). The number of halogens is 1. The number of nitrogens with one attached hydrogen (secondary N) is 2. The van der Waals surface area contributed by atoms with Gasteiger partial charge in [0.2, 0.25) is 5.91 Å². The fourth-order valence-electron chi connectivity index (χ4n) is 5.41. The highest BCUT2D eigenvalue weighted by Gasteiger charge is 2.52. The molecule has 0 spiro atoms. The summed E-state index contributed by atoms with van der Waals surface area (Å²) in [7, 11) is 0. The van der Waals surface area contributed by atoms with Crippen molar-refractivity contribution in [2.75, 3.05) is 13.1 Å². The number of primary amides is 1. The smallest absolute Gasteiger partial charge is 0.251 e. The van der Waals surface area contributed by atoms with Gasteiger partial charge in [-0.05, 0) is 61.6 Å². The first-order valence-electron chi connectivity index (χ1n) is 12.4. The number of benzene rings is 2. The number of aromatic amines is 1. The number of nitrogens with zero attached hydrogens (tertiary/aromatic N) is 2.